The van der Waals surface area contributed by atoms with Gasteiger partial charge in [0.1, 0.15) is 0 Å². The number of amides is 1. The number of rotatable bonds is 4. The van der Waals surface area contributed by atoms with E-state index in [1.165, 1.54) is 0 Å². The summed E-state index contributed by atoms with van der Waals surface area (Å²) < 4.78 is 1.99. The van der Waals surface area contributed by atoms with Crippen LogP contribution < -0.4 is 5.32 Å². The third-order valence-electron chi connectivity index (χ3n) is 3.15. The van der Waals surface area contributed by atoms with E-state index in [9.17, 15) is 4.79 Å². The van der Waals surface area contributed by atoms with E-state index in [4.69, 9.17) is 0 Å². The highest BCUT2D eigenvalue weighted by Gasteiger charge is 2.12. The number of benzene rings is 1. The molecule has 0 radical (unpaired) electrons. The maximum Gasteiger partial charge on any atom is 0.253 e. The average molecular weight is 244 g/mol. The van der Waals surface area contributed by atoms with Crippen molar-refractivity contribution in [1.29, 1.82) is 0 Å². The lowest BCUT2D eigenvalue weighted by molar-refractivity contribution is 0.0953. The Labute approximate surface area is 108 Å². The highest BCUT2D eigenvalue weighted by atomic mass is 16.1. The molecule has 0 atom stereocenters. The molecule has 0 aliphatic carbocycles. The first-order chi connectivity index (χ1) is 8.59. The Morgan fingerprint density at radius 1 is 1.33 bits per heavy atom. The summed E-state index contributed by atoms with van der Waals surface area (Å²) in [5, 5.41) is 4.00. The van der Waals surface area contributed by atoms with Crippen molar-refractivity contribution in [3.05, 3.63) is 36.0 Å². The summed E-state index contributed by atoms with van der Waals surface area (Å²) in [6.07, 6.45) is 2.91. The first-order valence-corrected chi connectivity index (χ1v) is 6.42. The predicted octanol–water partition coefficient (Wildman–Crippen LogP) is 2.95. The average Bonchev–Trinajstić information content (AvgIpc) is 2.67. The van der Waals surface area contributed by atoms with Crippen LogP contribution in [0.5, 0.6) is 0 Å². The smallest absolute Gasteiger partial charge is 0.253 e. The number of hydrogen-bond donors (Lipinski definition) is 1. The van der Waals surface area contributed by atoms with Crippen LogP contribution in [0.3, 0.4) is 0 Å². The fourth-order valence-corrected chi connectivity index (χ4v) is 2.09. The van der Waals surface area contributed by atoms with Crippen molar-refractivity contribution in [3.63, 3.8) is 0 Å². The molecule has 3 nitrogen and oxygen atoms in total. The van der Waals surface area contributed by atoms with Crippen LogP contribution in [0.4, 0.5) is 0 Å². The molecular formula is C15H20N2O. The maximum atomic E-state index is 12.1. The fourth-order valence-electron chi connectivity index (χ4n) is 2.09. The van der Waals surface area contributed by atoms with Crippen LogP contribution in [0.2, 0.25) is 0 Å². The van der Waals surface area contributed by atoms with Crippen LogP contribution in [0.25, 0.3) is 10.9 Å². The monoisotopic (exact) mass is 244 g/mol. The number of fused-ring (bicyclic) bond motifs is 1. The Kier molecular flexibility index (Phi) is 3.70. The number of carbonyl (C=O) groups is 1. The van der Waals surface area contributed by atoms with E-state index in [1.807, 2.05) is 42.1 Å². The molecule has 18 heavy (non-hydrogen) atoms. The number of nitrogens with zero attached hydrogens (tertiary/aromatic N) is 1. The molecule has 1 N–H and O–H groups in total. The van der Waals surface area contributed by atoms with Crippen molar-refractivity contribution in [1.82, 2.24) is 9.88 Å². The summed E-state index contributed by atoms with van der Waals surface area (Å²) in [6, 6.07) is 7.98. The Hall–Kier alpha value is -1.77. The Balaban J connectivity index is 2.18. The molecule has 0 bridgehead atoms. The van der Waals surface area contributed by atoms with E-state index < -0.39 is 0 Å². The maximum absolute atomic E-state index is 12.1. The highest BCUT2D eigenvalue weighted by Crippen LogP contribution is 2.19. The van der Waals surface area contributed by atoms with Crippen LogP contribution in [-0.2, 0) is 7.05 Å². The second-order valence-corrected chi connectivity index (χ2v) is 5.11. The largest absolute Gasteiger partial charge is 0.352 e. The van der Waals surface area contributed by atoms with Gasteiger partial charge in [-0.15, -0.1) is 0 Å². The van der Waals surface area contributed by atoms with Gasteiger partial charge in [0.05, 0.1) is 5.56 Å². The zero-order valence-corrected chi connectivity index (χ0v) is 11.2. The molecule has 3 heteroatoms. The van der Waals surface area contributed by atoms with Crippen LogP contribution >= 0.6 is 0 Å². The number of aromatic nitrogens is 1. The summed E-state index contributed by atoms with van der Waals surface area (Å²) in [5.41, 5.74) is 1.85. The molecule has 1 aromatic carbocycles. The van der Waals surface area contributed by atoms with E-state index in [-0.39, 0.29) is 5.91 Å². The lowest BCUT2D eigenvalue weighted by Crippen LogP contribution is -2.25. The molecule has 2 aromatic rings. The lowest BCUT2D eigenvalue weighted by atomic mass is 10.1. The van der Waals surface area contributed by atoms with Gasteiger partial charge in [-0.3, -0.25) is 4.79 Å². The van der Waals surface area contributed by atoms with Gasteiger partial charge in [-0.25, -0.2) is 0 Å². The van der Waals surface area contributed by atoms with Gasteiger partial charge in [0.15, 0.2) is 0 Å². The van der Waals surface area contributed by atoms with Crippen molar-refractivity contribution >= 4 is 16.8 Å². The fraction of sp³-hybridized carbons (Fsp3) is 0.400. The summed E-state index contributed by atoms with van der Waals surface area (Å²) in [6.45, 7) is 5.05. The molecule has 96 valence electrons. The van der Waals surface area contributed by atoms with Gasteiger partial charge in [0.2, 0.25) is 0 Å². The first kappa shape index (κ1) is 12.7. The molecule has 0 fully saturated rings. The Bertz CT molecular complexity index is 555. The molecule has 0 saturated carbocycles. The number of carbonyl (C=O) groups excluding carboxylic acids is 1. The lowest BCUT2D eigenvalue weighted by Gasteiger charge is -2.06. The molecule has 0 aliphatic rings. The summed E-state index contributed by atoms with van der Waals surface area (Å²) in [7, 11) is 1.97. The standard InChI is InChI=1S/C15H20N2O/c1-11(2)8-9-16-15(18)13-10-17(3)14-7-5-4-6-12(13)14/h4-7,10-11H,8-9H2,1-3H3,(H,16,18). The van der Waals surface area contributed by atoms with Crippen LogP contribution in [0.1, 0.15) is 30.6 Å². The third kappa shape index (κ3) is 2.55. The molecular weight excluding hydrogens is 224 g/mol. The molecule has 1 aromatic heterocycles. The highest BCUT2D eigenvalue weighted by molar-refractivity contribution is 6.06. The minimum absolute atomic E-state index is 0.0208. The quantitative estimate of drug-likeness (QED) is 0.881. The van der Waals surface area contributed by atoms with Crippen molar-refractivity contribution in [2.75, 3.05) is 6.54 Å². The molecule has 0 unspecified atom stereocenters. The second kappa shape index (κ2) is 5.25. The van der Waals surface area contributed by atoms with Crippen molar-refractivity contribution in [3.8, 4) is 0 Å². The predicted molar refractivity (Wildman–Crippen MR) is 74.7 cm³/mol. The molecule has 2 rings (SSSR count). The van der Waals surface area contributed by atoms with E-state index in [0.29, 0.717) is 5.92 Å². The van der Waals surface area contributed by atoms with Crippen LogP contribution in [0, 0.1) is 5.92 Å². The van der Waals surface area contributed by atoms with E-state index in [1.54, 1.807) is 0 Å². The van der Waals surface area contributed by atoms with Gasteiger partial charge in [0.25, 0.3) is 5.91 Å². The van der Waals surface area contributed by atoms with Gasteiger partial charge in [0, 0.05) is 30.7 Å². The second-order valence-electron chi connectivity index (χ2n) is 5.11. The zero-order chi connectivity index (χ0) is 13.1. The molecule has 0 saturated heterocycles. The zero-order valence-electron chi connectivity index (χ0n) is 11.2. The van der Waals surface area contributed by atoms with Crippen LogP contribution in [0.15, 0.2) is 30.5 Å². The normalized spacial score (nSPS) is 11.1. The number of aryl methyl sites for hydroxylation is 1. The Morgan fingerprint density at radius 2 is 2.06 bits per heavy atom. The Morgan fingerprint density at radius 3 is 2.78 bits per heavy atom. The number of hydrogen-bond acceptors (Lipinski definition) is 1. The molecule has 0 aliphatic heterocycles. The minimum atomic E-state index is 0.0208. The topological polar surface area (TPSA) is 34.0 Å². The van der Waals surface area contributed by atoms with Gasteiger partial charge < -0.3 is 9.88 Å². The summed E-state index contributed by atoms with van der Waals surface area (Å²) in [5.74, 6) is 0.630. The van der Waals surface area contributed by atoms with Gasteiger partial charge in [-0.2, -0.15) is 0 Å². The van der Waals surface area contributed by atoms with Crippen molar-refractivity contribution in [2.45, 2.75) is 20.3 Å². The molecule has 1 amide bonds. The van der Waals surface area contributed by atoms with E-state index in [0.717, 1.165) is 29.4 Å². The van der Waals surface area contributed by atoms with Crippen molar-refractivity contribution < 1.29 is 4.79 Å². The summed E-state index contributed by atoms with van der Waals surface area (Å²) in [4.78, 5) is 12.1. The van der Waals surface area contributed by atoms with Gasteiger partial charge in [-0.05, 0) is 18.4 Å². The number of nitrogens with one attached hydrogen (secondary N) is 1. The third-order valence-corrected chi connectivity index (χ3v) is 3.15. The van der Waals surface area contributed by atoms with Crippen LogP contribution in [-0.4, -0.2) is 17.0 Å². The SMILES string of the molecule is CC(C)CCNC(=O)c1cn(C)c2ccccc12. The van der Waals surface area contributed by atoms with Gasteiger partial charge in [-0.1, -0.05) is 32.0 Å². The van der Waals surface area contributed by atoms with E-state index in [2.05, 4.69) is 19.2 Å². The number of para-hydroxylation sites is 1. The minimum Gasteiger partial charge on any atom is -0.352 e. The van der Waals surface area contributed by atoms with E-state index >= 15 is 0 Å². The van der Waals surface area contributed by atoms with Crippen molar-refractivity contribution in [2.24, 2.45) is 13.0 Å². The summed E-state index contributed by atoms with van der Waals surface area (Å²) >= 11 is 0. The molecule has 0 spiro atoms. The molecule has 1 heterocycles. The first-order valence-electron chi connectivity index (χ1n) is 6.42. The van der Waals surface area contributed by atoms with Gasteiger partial charge >= 0.3 is 0 Å².